The molecule has 1 aromatic heterocycles. The fraction of sp³-hybridized carbons (Fsp3) is 0.250. The molecule has 2 aromatic rings. The summed E-state index contributed by atoms with van der Waals surface area (Å²) in [6.07, 6.45) is 6.74. The Kier molecular flexibility index (Phi) is 6.81. The van der Waals surface area contributed by atoms with Crippen molar-refractivity contribution in [2.75, 3.05) is 30.4 Å². The van der Waals surface area contributed by atoms with E-state index < -0.39 is 0 Å². The van der Waals surface area contributed by atoms with E-state index in [1.165, 1.54) is 0 Å². The highest BCUT2D eigenvalue weighted by atomic mass is 79.9. The van der Waals surface area contributed by atoms with Gasteiger partial charge in [-0.3, -0.25) is 0 Å². The van der Waals surface area contributed by atoms with Crippen LogP contribution in [0.15, 0.2) is 28.9 Å². The maximum atomic E-state index is 9.37. The second kappa shape index (κ2) is 9.08. The molecule has 0 fully saturated rings. The van der Waals surface area contributed by atoms with Crippen LogP contribution in [0.2, 0.25) is 0 Å². The van der Waals surface area contributed by atoms with Crippen LogP contribution in [0.4, 0.5) is 17.3 Å². The zero-order chi connectivity index (χ0) is 17.4. The summed E-state index contributed by atoms with van der Waals surface area (Å²) >= 11 is 3.30. The molecule has 4 N–H and O–H groups in total. The van der Waals surface area contributed by atoms with E-state index in [-0.39, 0.29) is 19.8 Å². The summed E-state index contributed by atoms with van der Waals surface area (Å²) in [5.41, 5.74) is 2.16. The highest BCUT2D eigenvalue weighted by Crippen LogP contribution is 2.25. The van der Waals surface area contributed by atoms with Gasteiger partial charge in [-0.05, 0) is 39.7 Å². The Morgan fingerprint density at radius 2 is 2.04 bits per heavy atom. The zero-order valence-electron chi connectivity index (χ0n) is 12.8. The number of benzene rings is 1. The first-order valence-corrected chi connectivity index (χ1v) is 7.91. The molecule has 0 spiro atoms. The van der Waals surface area contributed by atoms with Gasteiger partial charge in [-0.15, -0.1) is 6.42 Å². The van der Waals surface area contributed by atoms with Gasteiger partial charge in [0.05, 0.1) is 23.9 Å². The summed E-state index contributed by atoms with van der Waals surface area (Å²) in [7, 11) is 0. The van der Waals surface area contributed by atoms with Gasteiger partial charge in [0.2, 0.25) is 11.8 Å². The molecule has 0 aliphatic heterocycles. The monoisotopic (exact) mass is 392 g/mol. The minimum atomic E-state index is -0.110. The average molecular weight is 393 g/mol. The van der Waals surface area contributed by atoms with Gasteiger partial charge in [0.25, 0.3) is 0 Å². The summed E-state index contributed by atoms with van der Waals surface area (Å²) < 4.78 is 5.93. The smallest absolute Gasteiger partial charge is 0.233 e. The van der Waals surface area contributed by atoms with Crippen LogP contribution in [-0.4, -0.2) is 39.9 Å². The number of rotatable bonds is 8. The van der Waals surface area contributed by atoms with Gasteiger partial charge < -0.3 is 25.6 Å². The Balaban J connectivity index is 2.22. The number of anilines is 3. The predicted molar refractivity (Wildman–Crippen MR) is 95.3 cm³/mol. The number of hydrogen-bond donors (Lipinski definition) is 4. The maximum Gasteiger partial charge on any atom is 0.233 e. The third-order valence-electron chi connectivity index (χ3n) is 2.88. The lowest BCUT2D eigenvalue weighted by molar-refractivity contribution is 0.282. The Morgan fingerprint density at radius 1 is 1.25 bits per heavy atom. The van der Waals surface area contributed by atoms with E-state index in [1.54, 1.807) is 18.3 Å². The van der Waals surface area contributed by atoms with Crippen molar-refractivity contribution >= 4 is 33.3 Å². The minimum Gasteiger partial charge on any atom is -0.464 e. The van der Waals surface area contributed by atoms with E-state index >= 15 is 0 Å². The number of hydrogen-bond acceptors (Lipinski definition) is 7. The molecule has 0 aliphatic rings. The van der Waals surface area contributed by atoms with Crippen molar-refractivity contribution in [3.8, 4) is 18.2 Å². The normalized spacial score (nSPS) is 10.1. The molecule has 126 valence electrons. The SMILES string of the molecule is C#CCOc1nc(Nc2cc(CO)cc(NCCO)c2)ncc1Br. The highest BCUT2D eigenvalue weighted by molar-refractivity contribution is 9.10. The molecule has 0 radical (unpaired) electrons. The molecule has 24 heavy (non-hydrogen) atoms. The van der Waals surface area contributed by atoms with E-state index in [0.717, 1.165) is 5.69 Å². The standard InChI is InChI=1S/C16H17BrN4O3/c1-2-5-24-15-14(17)9-19-16(21-15)20-13-7-11(10-23)6-12(8-13)18-3-4-22/h1,6-9,18,22-23H,3-5,10H2,(H,19,20,21). The summed E-state index contributed by atoms with van der Waals surface area (Å²) in [5, 5.41) is 24.4. The van der Waals surface area contributed by atoms with Crippen molar-refractivity contribution in [3.05, 3.63) is 34.4 Å². The van der Waals surface area contributed by atoms with Gasteiger partial charge in [0.15, 0.2) is 6.61 Å². The Labute approximate surface area is 148 Å². The average Bonchev–Trinajstić information content (AvgIpc) is 2.60. The molecule has 0 saturated heterocycles. The summed E-state index contributed by atoms with van der Waals surface area (Å²) in [4.78, 5) is 8.41. The molecule has 0 bridgehead atoms. The predicted octanol–water partition coefficient (Wildman–Crippen LogP) is 1.89. The fourth-order valence-corrected chi connectivity index (χ4v) is 2.22. The second-order valence-electron chi connectivity index (χ2n) is 4.69. The van der Waals surface area contributed by atoms with Crippen LogP contribution in [0.3, 0.4) is 0 Å². The van der Waals surface area contributed by atoms with Crippen LogP contribution in [-0.2, 0) is 6.61 Å². The lowest BCUT2D eigenvalue weighted by Gasteiger charge is -2.12. The molecule has 8 heteroatoms. The van der Waals surface area contributed by atoms with E-state index in [4.69, 9.17) is 16.3 Å². The molecular formula is C16H17BrN4O3. The number of aliphatic hydroxyl groups excluding tert-OH is 2. The van der Waals surface area contributed by atoms with Crippen LogP contribution in [0.5, 0.6) is 5.88 Å². The van der Waals surface area contributed by atoms with Gasteiger partial charge in [0.1, 0.15) is 0 Å². The summed E-state index contributed by atoms with van der Waals surface area (Å²) in [6.45, 7) is 0.413. The zero-order valence-corrected chi connectivity index (χ0v) is 14.4. The quantitative estimate of drug-likeness (QED) is 0.509. The van der Waals surface area contributed by atoms with E-state index in [1.807, 2.05) is 6.07 Å². The van der Waals surface area contributed by atoms with Crippen LogP contribution >= 0.6 is 15.9 Å². The molecule has 2 rings (SSSR count). The highest BCUT2D eigenvalue weighted by Gasteiger charge is 2.08. The molecule has 1 heterocycles. The minimum absolute atomic E-state index is 0.0117. The lowest BCUT2D eigenvalue weighted by atomic mass is 10.2. The first-order valence-electron chi connectivity index (χ1n) is 7.11. The second-order valence-corrected chi connectivity index (χ2v) is 5.55. The third-order valence-corrected chi connectivity index (χ3v) is 3.42. The number of halogens is 1. The first-order chi connectivity index (χ1) is 11.7. The van der Waals surface area contributed by atoms with Gasteiger partial charge >= 0.3 is 0 Å². The number of aromatic nitrogens is 2. The lowest BCUT2D eigenvalue weighted by Crippen LogP contribution is -2.07. The van der Waals surface area contributed by atoms with Crippen LogP contribution in [0.1, 0.15) is 5.56 Å². The fourth-order valence-electron chi connectivity index (χ4n) is 1.91. The molecule has 7 nitrogen and oxygen atoms in total. The molecular weight excluding hydrogens is 376 g/mol. The van der Waals surface area contributed by atoms with Crippen LogP contribution in [0, 0.1) is 12.3 Å². The van der Waals surface area contributed by atoms with Crippen LogP contribution < -0.4 is 15.4 Å². The number of aliphatic hydroxyl groups is 2. The number of ether oxygens (including phenoxy) is 1. The Morgan fingerprint density at radius 3 is 2.75 bits per heavy atom. The summed E-state index contributed by atoms with van der Waals surface area (Å²) in [5.74, 6) is 3.04. The van der Waals surface area contributed by atoms with E-state index in [2.05, 4.69) is 42.5 Å². The largest absolute Gasteiger partial charge is 0.464 e. The number of nitrogens with one attached hydrogen (secondary N) is 2. The summed E-state index contributed by atoms with van der Waals surface area (Å²) in [6, 6.07) is 5.39. The van der Waals surface area contributed by atoms with Crippen molar-refractivity contribution in [1.29, 1.82) is 0 Å². The molecule has 0 atom stereocenters. The first kappa shape index (κ1) is 18.0. The van der Waals surface area contributed by atoms with Crippen LogP contribution in [0.25, 0.3) is 0 Å². The van der Waals surface area contributed by atoms with Crippen molar-refractivity contribution in [1.82, 2.24) is 9.97 Å². The molecule has 0 amide bonds. The maximum absolute atomic E-state index is 9.37. The molecule has 1 aromatic carbocycles. The van der Waals surface area contributed by atoms with Gasteiger partial charge in [-0.1, -0.05) is 5.92 Å². The van der Waals surface area contributed by atoms with Crippen molar-refractivity contribution in [2.45, 2.75) is 6.61 Å². The number of nitrogens with zero attached hydrogens (tertiary/aromatic N) is 2. The topological polar surface area (TPSA) is 99.5 Å². The van der Waals surface area contributed by atoms with Crippen molar-refractivity contribution in [2.24, 2.45) is 0 Å². The van der Waals surface area contributed by atoms with Crippen molar-refractivity contribution < 1.29 is 14.9 Å². The molecule has 0 aliphatic carbocycles. The molecule has 0 saturated carbocycles. The third kappa shape index (κ3) is 5.09. The molecule has 0 unspecified atom stereocenters. The Hall–Kier alpha value is -2.34. The van der Waals surface area contributed by atoms with Crippen molar-refractivity contribution in [3.63, 3.8) is 0 Å². The van der Waals surface area contributed by atoms with Gasteiger partial charge in [0, 0.05) is 17.9 Å². The van der Waals surface area contributed by atoms with Gasteiger partial charge in [-0.2, -0.15) is 4.98 Å². The Bertz CT molecular complexity index is 734. The van der Waals surface area contributed by atoms with E-state index in [9.17, 15) is 5.11 Å². The number of terminal acetylenes is 1. The van der Waals surface area contributed by atoms with E-state index in [0.29, 0.717) is 34.1 Å². The van der Waals surface area contributed by atoms with Gasteiger partial charge in [-0.25, -0.2) is 4.98 Å².